The van der Waals surface area contributed by atoms with Crippen molar-refractivity contribution < 1.29 is 4.74 Å². The summed E-state index contributed by atoms with van der Waals surface area (Å²) < 4.78 is 6.49. The summed E-state index contributed by atoms with van der Waals surface area (Å²) in [6, 6.07) is 24.9. The fraction of sp³-hybridized carbons (Fsp3) is 0.0455. The Kier molecular flexibility index (Phi) is 4.24. The van der Waals surface area contributed by atoms with Crippen molar-refractivity contribution in [3.05, 3.63) is 83.5 Å². The SMILES string of the molecule is COc1c(Br)cc(-c2ccccc2)c2cc(-c3ccccc3)cnc12. The lowest BCUT2D eigenvalue weighted by Crippen LogP contribution is -1.93. The second-order valence-corrected chi connectivity index (χ2v) is 6.65. The lowest BCUT2D eigenvalue weighted by atomic mass is 9.97. The van der Waals surface area contributed by atoms with Gasteiger partial charge in [0.1, 0.15) is 5.52 Å². The molecule has 0 radical (unpaired) electrons. The smallest absolute Gasteiger partial charge is 0.159 e. The minimum absolute atomic E-state index is 0.759. The van der Waals surface area contributed by atoms with Gasteiger partial charge in [-0.2, -0.15) is 0 Å². The van der Waals surface area contributed by atoms with Crippen molar-refractivity contribution in [2.24, 2.45) is 0 Å². The maximum Gasteiger partial charge on any atom is 0.159 e. The quantitative estimate of drug-likeness (QED) is 0.407. The molecule has 0 aliphatic rings. The molecule has 0 saturated carbocycles. The second-order valence-electron chi connectivity index (χ2n) is 5.79. The zero-order valence-corrected chi connectivity index (χ0v) is 15.3. The average Bonchev–Trinajstić information content (AvgIpc) is 2.68. The molecular weight excluding hydrogens is 374 g/mol. The lowest BCUT2D eigenvalue weighted by molar-refractivity contribution is 0.416. The van der Waals surface area contributed by atoms with E-state index in [4.69, 9.17) is 9.72 Å². The maximum absolute atomic E-state index is 5.59. The first kappa shape index (κ1) is 15.9. The largest absolute Gasteiger partial charge is 0.493 e. The molecule has 0 N–H and O–H groups in total. The van der Waals surface area contributed by atoms with Gasteiger partial charge in [-0.3, -0.25) is 4.98 Å². The number of methoxy groups -OCH3 is 1. The number of benzene rings is 3. The summed E-state index contributed by atoms with van der Waals surface area (Å²) in [6.07, 6.45) is 1.90. The van der Waals surface area contributed by atoms with E-state index in [9.17, 15) is 0 Å². The molecule has 4 rings (SSSR count). The van der Waals surface area contributed by atoms with Crippen molar-refractivity contribution in [1.82, 2.24) is 4.98 Å². The van der Waals surface area contributed by atoms with E-state index in [2.05, 4.69) is 52.3 Å². The first-order valence-corrected chi connectivity index (χ1v) is 8.84. The van der Waals surface area contributed by atoms with Gasteiger partial charge in [-0.25, -0.2) is 0 Å². The first-order valence-electron chi connectivity index (χ1n) is 8.05. The number of rotatable bonds is 3. The minimum Gasteiger partial charge on any atom is -0.493 e. The highest BCUT2D eigenvalue weighted by Gasteiger charge is 2.15. The van der Waals surface area contributed by atoms with Crippen LogP contribution in [0.4, 0.5) is 0 Å². The fourth-order valence-corrected chi connectivity index (χ4v) is 3.65. The number of hydrogen-bond donors (Lipinski definition) is 0. The molecule has 0 aliphatic carbocycles. The van der Waals surface area contributed by atoms with Gasteiger partial charge >= 0.3 is 0 Å². The third-order valence-electron chi connectivity index (χ3n) is 4.28. The van der Waals surface area contributed by atoms with Crippen LogP contribution >= 0.6 is 15.9 Å². The van der Waals surface area contributed by atoms with Gasteiger partial charge in [0.15, 0.2) is 5.75 Å². The molecule has 2 nitrogen and oxygen atoms in total. The number of ether oxygens (including phenoxy) is 1. The van der Waals surface area contributed by atoms with Crippen LogP contribution < -0.4 is 4.74 Å². The molecule has 0 spiro atoms. The number of pyridine rings is 1. The van der Waals surface area contributed by atoms with Crippen molar-refractivity contribution in [3.8, 4) is 28.0 Å². The van der Waals surface area contributed by atoms with Gasteiger partial charge < -0.3 is 4.74 Å². The van der Waals surface area contributed by atoms with Gasteiger partial charge in [-0.05, 0) is 44.8 Å². The van der Waals surface area contributed by atoms with Crippen LogP contribution in [0.15, 0.2) is 83.5 Å². The Balaban J connectivity index is 2.03. The van der Waals surface area contributed by atoms with E-state index >= 15 is 0 Å². The van der Waals surface area contributed by atoms with E-state index in [1.807, 2.05) is 42.6 Å². The average molecular weight is 390 g/mol. The summed E-state index contributed by atoms with van der Waals surface area (Å²) in [6.45, 7) is 0. The van der Waals surface area contributed by atoms with Crippen molar-refractivity contribution >= 4 is 26.8 Å². The van der Waals surface area contributed by atoms with Crippen LogP contribution in [0.25, 0.3) is 33.2 Å². The van der Waals surface area contributed by atoms with Crippen molar-refractivity contribution in [1.29, 1.82) is 0 Å². The van der Waals surface area contributed by atoms with Gasteiger partial charge in [-0.15, -0.1) is 0 Å². The van der Waals surface area contributed by atoms with Crippen molar-refractivity contribution in [3.63, 3.8) is 0 Å². The first-order chi connectivity index (χ1) is 12.3. The standard InChI is InChI=1S/C22H16BrNO/c1-25-22-20(23)13-18(16-10-6-3-7-11-16)19-12-17(14-24-21(19)22)15-8-4-2-5-9-15/h2-14H,1H3. The molecule has 1 heterocycles. The Hall–Kier alpha value is -2.65. The molecule has 3 aromatic carbocycles. The Morgan fingerprint density at radius 1 is 0.800 bits per heavy atom. The van der Waals surface area contributed by atoms with Gasteiger partial charge in [0.25, 0.3) is 0 Å². The van der Waals surface area contributed by atoms with Crippen LogP contribution in [-0.2, 0) is 0 Å². The predicted molar refractivity (Wildman–Crippen MR) is 107 cm³/mol. The molecule has 0 bridgehead atoms. The van der Waals surface area contributed by atoms with Gasteiger partial charge in [0.2, 0.25) is 0 Å². The Labute approximate surface area is 155 Å². The van der Waals surface area contributed by atoms with Crippen molar-refractivity contribution in [2.75, 3.05) is 7.11 Å². The highest BCUT2D eigenvalue weighted by atomic mass is 79.9. The highest BCUT2D eigenvalue weighted by molar-refractivity contribution is 9.10. The van der Waals surface area contributed by atoms with Crippen LogP contribution in [0.2, 0.25) is 0 Å². The van der Waals surface area contributed by atoms with E-state index in [-0.39, 0.29) is 0 Å². The summed E-state index contributed by atoms with van der Waals surface area (Å²) >= 11 is 3.62. The van der Waals surface area contributed by atoms with E-state index in [0.717, 1.165) is 43.4 Å². The lowest BCUT2D eigenvalue weighted by Gasteiger charge is -2.14. The van der Waals surface area contributed by atoms with Crippen LogP contribution in [0.5, 0.6) is 5.75 Å². The molecule has 4 aromatic rings. The van der Waals surface area contributed by atoms with E-state index in [1.54, 1.807) is 7.11 Å². The Bertz CT molecular complexity index is 1030. The zero-order valence-electron chi connectivity index (χ0n) is 13.7. The van der Waals surface area contributed by atoms with E-state index in [0.29, 0.717) is 0 Å². The molecule has 0 saturated heterocycles. The molecule has 1 aromatic heterocycles. The second kappa shape index (κ2) is 6.69. The van der Waals surface area contributed by atoms with E-state index < -0.39 is 0 Å². The number of fused-ring (bicyclic) bond motifs is 1. The summed E-state index contributed by atoms with van der Waals surface area (Å²) in [5, 5.41) is 1.08. The summed E-state index contributed by atoms with van der Waals surface area (Å²) in [4.78, 5) is 4.72. The molecule has 0 amide bonds. The number of halogens is 1. The Morgan fingerprint density at radius 2 is 1.44 bits per heavy atom. The van der Waals surface area contributed by atoms with Crippen LogP contribution in [-0.4, -0.2) is 12.1 Å². The van der Waals surface area contributed by atoms with Crippen molar-refractivity contribution in [2.45, 2.75) is 0 Å². The third kappa shape index (κ3) is 2.92. The van der Waals surface area contributed by atoms with Gasteiger partial charge in [0.05, 0.1) is 11.6 Å². The highest BCUT2D eigenvalue weighted by Crippen LogP contribution is 2.40. The molecule has 3 heteroatoms. The van der Waals surface area contributed by atoms with Crippen LogP contribution in [0.1, 0.15) is 0 Å². The number of aromatic nitrogens is 1. The van der Waals surface area contributed by atoms with Crippen LogP contribution in [0.3, 0.4) is 0 Å². The van der Waals surface area contributed by atoms with Crippen LogP contribution in [0, 0.1) is 0 Å². The summed E-state index contributed by atoms with van der Waals surface area (Å²) in [5.74, 6) is 0.759. The summed E-state index contributed by atoms with van der Waals surface area (Å²) in [7, 11) is 1.68. The molecule has 0 fully saturated rings. The topological polar surface area (TPSA) is 22.1 Å². The fourth-order valence-electron chi connectivity index (χ4n) is 3.07. The maximum atomic E-state index is 5.59. The number of nitrogens with zero attached hydrogens (tertiary/aromatic N) is 1. The molecule has 0 atom stereocenters. The molecule has 0 aliphatic heterocycles. The molecule has 0 unspecified atom stereocenters. The number of hydrogen-bond acceptors (Lipinski definition) is 2. The molecular formula is C22H16BrNO. The predicted octanol–water partition coefficient (Wildman–Crippen LogP) is 6.34. The van der Waals surface area contributed by atoms with E-state index in [1.165, 1.54) is 0 Å². The third-order valence-corrected chi connectivity index (χ3v) is 4.87. The van der Waals surface area contributed by atoms with Gasteiger partial charge in [0, 0.05) is 17.1 Å². The monoisotopic (exact) mass is 389 g/mol. The summed E-state index contributed by atoms with van der Waals surface area (Å²) in [5.41, 5.74) is 5.39. The zero-order chi connectivity index (χ0) is 17.2. The molecule has 122 valence electrons. The molecule has 25 heavy (non-hydrogen) atoms. The minimum atomic E-state index is 0.759. The normalized spacial score (nSPS) is 10.8. The Morgan fingerprint density at radius 3 is 2.08 bits per heavy atom. The van der Waals surface area contributed by atoms with Gasteiger partial charge in [-0.1, -0.05) is 60.7 Å².